The molecule has 8 heteroatoms. The van der Waals surface area contributed by atoms with E-state index in [1.54, 1.807) is 13.4 Å². The molecule has 0 radical (unpaired) electrons. The Bertz CT molecular complexity index is 762. The van der Waals surface area contributed by atoms with Crippen molar-refractivity contribution < 1.29 is 19.4 Å². The first kappa shape index (κ1) is 19.0. The molecule has 142 valence electrons. The highest BCUT2D eigenvalue weighted by Crippen LogP contribution is 2.37. The van der Waals surface area contributed by atoms with Gasteiger partial charge in [-0.1, -0.05) is 0 Å². The van der Waals surface area contributed by atoms with E-state index in [-0.39, 0.29) is 25.2 Å². The molecule has 1 unspecified atom stereocenters. The van der Waals surface area contributed by atoms with Gasteiger partial charge in [-0.15, -0.1) is 11.3 Å². The molecular formula is C18H25N3O4S. The van der Waals surface area contributed by atoms with Crippen molar-refractivity contribution in [1.29, 1.82) is 0 Å². The van der Waals surface area contributed by atoms with Gasteiger partial charge in [0, 0.05) is 26.3 Å². The van der Waals surface area contributed by atoms with Gasteiger partial charge in [0.25, 0.3) is 0 Å². The summed E-state index contributed by atoms with van der Waals surface area (Å²) in [7, 11) is 1.57. The fourth-order valence-corrected chi connectivity index (χ4v) is 4.51. The molecule has 0 bridgehead atoms. The minimum absolute atomic E-state index is 0.162. The Morgan fingerprint density at radius 2 is 2.23 bits per heavy atom. The Labute approximate surface area is 157 Å². The summed E-state index contributed by atoms with van der Waals surface area (Å²) < 4.78 is 10.2. The molecule has 0 spiro atoms. The smallest absolute Gasteiger partial charge is 0.348 e. The minimum atomic E-state index is -0.348. The van der Waals surface area contributed by atoms with Crippen LogP contribution in [0.2, 0.25) is 0 Å². The van der Waals surface area contributed by atoms with Crippen molar-refractivity contribution >= 4 is 33.3 Å². The van der Waals surface area contributed by atoms with Crippen LogP contribution in [0.4, 0.5) is 5.82 Å². The first-order valence-corrected chi connectivity index (χ1v) is 9.76. The van der Waals surface area contributed by atoms with E-state index in [1.165, 1.54) is 11.3 Å². The molecule has 1 atom stereocenters. The number of anilines is 1. The molecule has 0 aromatic carbocycles. The highest BCUT2D eigenvalue weighted by Gasteiger charge is 2.28. The number of carbonyl (C=O) groups excluding carboxylic acids is 1. The number of aryl methyl sites for hydroxylation is 1. The lowest BCUT2D eigenvalue weighted by molar-refractivity contribution is 0.0393. The molecule has 1 N–H and O–H groups in total. The number of esters is 1. The van der Waals surface area contributed by atoms with Gasteiger partial charge >= 0.3 is 5.97 Å². The average molecular weight is 379 g/mol. The molecule has 1 aliphatic heterocycles. The van der Waals surface area contributed by atoms with E-state index in [0.717, 1.165) is 53.8 Å². The number of aliphatic hydroxyl groups is 1. The molecule has 0 aliphatic carbocycles. The number of nitrogens with zero attached hydrogens (tertiary/aromatic N) is 3. The zero-order chi connectivity index (χ0) is 18.5. The van der Waals surface area contributed by atoms with Gasteiger partial charge in [0.2, 0.25) is 0 Å². The Morgan fingerprint density at radius 3 is 3.00 bits per heavy atom. The van der Waals surface area contributed by atoms with Gasteiger partial charge in [-0.2, -0.15) is 0 Å². The van der Waals surface area contributed by atoms with Gasteiger partial charge in [0.05, 0.1) is 12.0 Å². The Hall–Kier alpha value is -1.77. The maximum atomic E-state index is 12.4. The first-order chi connectivity index (χ1) is 12.7. The van der Waals surface area contributed by atoms with Crippen LogP contribution in [-0.2, 0) is 9.47 Å². The Morgan fingerprint density at radius 1 is 1.38 bits per heavy atom. The number of piperidine rings is 1. The van der Waals surface area contributed by atoms with Crippen LogP contribution in [0.5, 0.6) is 0 Å². The van der Waals surface area contributed by atoms with Crippen LogP contribution in [0.1, 0.15) is 40.9 Å². The summed E-state index contributed by atoms with van der Waals surface area (Å²) in [6, 6.07) is 0.267. The number of thiophene rings is 1. The van der Waals surface area contributed by atoms with Gasteiger partial charge in [-0.05, 0) is 38.2 Å². The summed E-state index contributed by atoms with van der Waals surface area (Å²) in [5.41, 5.74) is 0.858. The summed E-state index contributed by atoms with van der Waals surface area (Å²) in [6.07, 6.45) is 5.58. The highest BCUT2D eigenvalue weighted by atomic mass is 32.1. The van der Waals surface area contributed by atoms with Crippen LogP contribution < -0.4 is 4.90 Å². The lowest BCUT2D eigenvalue weighted by atomic mass is 9.99. The van der Waals surface area contributed by atoms with Crippen LogP contribution in [0, 0.1) is 6.92 Å². The lowest BCUT2D eigenvalue weighted by Crippen LogP contribution is -2.40. The Balaban J connectivity index is 1.95. The molecule has 1 aliphatic rings. The summed E-state index contributed by atoms with van der Waals surface area (Å²) in [5, 5.41) is 10.3. The third-order valence-corrected chi connectivity index (χ3v) is 5.95. The van der Waals surface area contributed by atoms with E-state index in [1.807, 2.05) is 6.92 Å². The summed E-state index contributed by atoms with van der Waals surface area (Å²) in [5.74, 6) is 0.511. The predicted octanol–water partition coefficient (Wildman–Crippen LogP) is 2.54. The number of rotatable bonds is 7. The fourth-order valence-electron chi connectivity index (χ4n) is 3.48. The van der Waals surface area contributed by atoms with Gasteiger partial charge in [0.15, 0.2) is 0 Å². The molecule has 26 heavy (non-hydrogen) atoms. The number of hydrogen-bond donors (Lipinski definition) is 1. The van der Waals surface area contributed by atoms with Crippen molar-refractivity contribution in [2.24, 2.45) is 0 Å². The maximum Gasteiger partial charge on any atom is 0.348 e. The number of aliphatic hydroxyl groups excluding tert-OH is 1. The van der Waals surface area contributed by atoms with E-state index < -0.39 is 0 Å². The van der Waals surface area contributed by atoms with Crippen molar-refractivity contribution in [2.75, 3.05) is 38.4 Å². The average Bonchev–Trinajstić information content (AvgIpc) is 3.00. The number of aromatic nitrogens is 2. The van der Waals surface area contributed by atoms with Gasteiger partial charge < -0.3 is 19.5 Å². The molecule has 2 aromatic heterocycles. The number of fused-ring (bicyclic) bond motifs is 1. The van der Waals surface area contributed by atoms with Gasteiger partial charge in [-0.3, -0.25) is 0 Å². The highest BCUT2D eigenvalue weighted by molar-refractivity contribution is 7.20. The summed E-state index contributed by atoms with van der Waals surface area (Å²) in [4.78, 5) is 24.9. The molecule has 0 saturated carbocycles. The van der Waals surface area contributed by atoms with E-state index in [2.05, 4.69) is 14.9 Å². The predicted molar refractivity (Wildman–Crippen MR) is 101 cm³/mol. The largest absolute Gasteiger partial charge is 0.459 e. The van der Waals surface area contributed by atoms with Crippen LogP contribution >= 0.6 is 11.3 Å². The fraction of sp³-hybridized carbons (Fsp3) is 0.611. The molecule has 0 amide bonds. The molecule has 7 nitrogen and oxygen atoms in total. The van der Waals surface area contributed by atoms with Crippen LogP contribution in [0.3, 0.4) is 0 Å². The molecular weight excluding hydrogens is 354 g/mol. The molecule has 1 saturated heterocycles. The minimum Gasteiger partial charge on any atom is -0.459 e. The van der Waals surface area contributed by atoms with Crippen LogP contribution in [-0.4, -0.2) is 60.6 Å². The van der Waals surface area contributed by atoms with Crippen molar-refractivity contribution in [3.63, 3.8) is 0 Å². The van der Waals surface area contributed by atoms with Crippen LogP contribution in [0.25, 0.3) is 10.2 Å². The molecule has 2 aromatic rings. The van der Waals surface area contributed by atoms with Crippen LogP contribution in [0.15, 0.2) is 6.33 Å². The van der Waals surface area contributed by atoms with Crippen molar-refractivity contribution in [2.45, 2.75) is 38.6 Å². The zero-order valence-corrected chi connectivity index (χ0v) is 16.0. The molecule has 3 rings (SSSR count). The van der Waals surface area contributed by atoms with Crippen molar-refractivity contribution in [3.8, 4) is 0 Å². The van der Waals surface area contributed by atoms with E-state index >= 15 is 0 Å². The lowest BCUT2D eigenvalue weighted by Gasteiger charge is -2.36. The SMILES string of the molecule is COCCOC(=O)c1sc2ncnc(N3CCCCC3CCO)c2c1C. The van der Waals surface area contributed by atoms with Gasteiger partial charge in [0.1, 0.15) is 28.5 Å². The van der Waals surface area contributed by atoms with E-state index in [4.69, 9.17) is 9.47 Å². The third-order valence-electron chi connectivity index (χ3n) is 4.77. The second-order valence-corrected chi connectivity index (χ2v) is 7.42. The summed E-state index contributed by atoms with van der Waals surface area (Å²) in [6.45, 7) is 3.59. The third kappa shape index (κ3) is 3.82. The van der Waals surface area contributed by atoms with E-state index in [0.29, 0.717) is 11.5 Å². The number of ether oxygens (including phenoxy) is 2. The quantitative estimate of drug-likeness (QED) is 0.584. The van der Waals surface area contributed by atoms with Crippen molar-refractivity contribution in [3.05, 3.63) is 16.8 Å². The summed E-state index contributed by atoms with van der Waals surface area (Å²) >= 11 is 1.34. The molecule has 1 fully saturated rings. The zero-order valence-electron chi connectivity index (χ0n) is 15.2. The van der Waals surface area contributed by atoms with Crippen molar-refractivity contribution in [1.82, 2.24) is 9.97 Å². The number of methoxy groups -OCH3 is 1. The second-order valence-electron chi connectivity index (χ2n) is 6.42. The standard InChI is InChI=1S/C18H25N3O4S/c1-12-14-16(21-7-4-3-5-13(21)6-8-22)19-11-20-17(14)26-15(12)18(23)25-10-9-24-2/h11,13,22H,3-10H2,1-2H3. The second kappa shape index (κ2) is 8.75. The first-order valence-electron chi connectivity index (χ1n) is 8.95. The monoisotopic (exact) mass is 379 g/mol. The maximum absolute atomic E-state index is 12.4. The normalized spacial score (nSPS) is 17.7. The van der Waals surface area contributed by atoms with E-state index in [9.17, 15) is 9.90 Å². The Kier molecular flexibility index (Phi) is 6.39. The van der Waals surface area contributed by atoms with Gasteiger partial charge in [-0.25, -0.2) is 14.8 Å². The number of carbonyl (C=O) groups is 1. The topological polar surface area (TPSA) is 84.8 Å². The molecule has 3 heterocycles. The number of hydrogen-bond acceptors (Lipinski definition) is 8.